The van der Waals surface area contributed by atoms with Crippen molar-refractivity contribution in [3.63, 3.8) is 0 Å². The van der Waals surface area contributed by atoms with Crippen molar-refractivity contribution in [1.82, 2.24) is 20.0 Å². The number of piperazine rings is 1. The summed E-state index contributed by atoms with van der Waals surface area (Å²) in [4.78, 5) is 4.47. The molecule has 2 aromatic rings. The predicted octanol–water partition coefficient (Wildman–Crippen LogP) is 2.71. The third-order valence-electron chi connectivity index (χ3n) is 4.08. The molecule has 0 bridgehead atoms. The van der Waals surface area contributed by atoms with Gasteiger partial charge in [0.25, 0.3) is 0 Å². The molecule has 1 aromatic heterocycles. The molecule has 0 unspecified atom stereocenters. The summed E-state index contributed by atoms with van der Waals surface area (Å²) in [5, 5.41) is 7.80. The molecule has 0 amide bonds. The zero-order chi connectivity index (χ0) is 17.2. The first-order valence-corrected chi connectivity index (χ1v) is 7.80. The zero-order valence-electron chi connectivity index (χ0n) is 13.4. The van der Waals surface area contributed by atoms with E-state index in [9.17, 15) is 13.2 Å². The van der Waals surface area contributed by atoms with Gasteiger partial charge < -0.3 is 4.42 Å². The maximum absolute atomic E-state index is 12.6. The molecule has 0 radical (unpaired) electrons. The van der Waals surface area contributed by atoms with Crippen LogP contribution in [-0.2, 0) is 19.3 Å². The van der Waals surface area contributed by atoms with Gasteiger partial charge in [-0.3, -0.25) is 9.80 Å². The van der Waals surface area contributed by atoms with Gasteiger partial charge in [0.2, 0.25) is 11.8 Å². The summed E-state index contributed by atoms with van der Waals surface area (Å²) >= 11 is 0. The minimum Gasteiger partial charge on any atom is -0.424 e. The van der Waals surface area contributed by atoms with Crippen molar-refractivity contribution in [2.24, 2.45) is 0 Å². The van der Waals surface area contributed by atoms with Crippen LogP contribution >= 0.6 is 0 Å². The third-order valence-corrected chi connectivity index (χ3v) is 4.08. The van der Waals surface area contributed by atoms with E-state index in [0.717, 1.165) is 43.9 Å². The van der Waals surface area contributed by atoms with E-state index in [1.165, 1.54) is 0 Å². The molecule has 3 rings (SSSR count). The second kappa shape index (κ2) is 6.90. The van der Waals surface area contributed by atoms with Crippen LogP contribution in [0.4, 0.5) is 13.2 Å². The number of rotatable bonds is 4. The number of benzene rings is 1. The fourth-order valence-electron chi connectivity index (χ4n) is 2.76. The summed E-state index contributed by atoms with van der Waals surface area (Å²) < 4.78 is 43.1. The smallest absolute Gasteiger partial charge is 0.416 e. The van der Waals surface area contributed by atoms with E-state index in [2.05, 4.69) is 20.0 Å². The molecule has 8 heteroatoms. The fraction of sp³-hybridized carbons (Fsp3) is 0.500. The molecule has 0 spiro atoms. The first kappa shape index (κ1) is 16.9. The highest BCUT2D eigenvalue weighted by atomic mass is 19.4. The average Bonchev–Trinajstić information content (AvgIpc) is 2.94. The van der Waals surface area contributed by atoms with Gasteiger partial charge in [0, 0.05) is 39.6 Å². The Hall–Kier alpha value is -1.93. The summed E-state index contributed by atoms with van der Waals surface area (Å²) in [6, 6.07) is 5.39. The SMILES string of the molecule is Cc1nnc(CN2CCN(Cc3ccc(C(F)(F)F)cc3)CC2)o1. The Morgan fingerprint density at radius 3 is 2.04 bits per heavy atom. The Bertz CT molecular complexity index is 661. The molecule has 0 atom stereocenters. The van der Waals surface area contributed by atoms with Crippen LogP contribution in [0.1, 0.15) is 22.9 Å². The monoisotopic (exact) mass is 340 g/mol. The van der Waals surface area contributed by atoms with Gasteiger partial charge in [-0.1, -0.05) is 12.1 Å². The maximum Gasteiger partial charge on any atom is 0.416 e. The zero-order valence-corrected chi connectivity index (χ0v) is 13.4. The van der Waals surface area contributed by atoms with Crippen LogP contribution in [0, 0.1) is 6.92 Å². The van der Waals surface area contributed by atoms with Crippen molar-refractivity contribution in [2.75, 3.05) is 26.2 Å². The van der Waals surface area contributed by atoms with Crippen molar-refractivity contribution in [3.8, 4) is 0 Å². The first-order chi connectivity index (χ1) is 11.4. The first-order valence-electron chi connectivity index (χ1n) is 7.80. The minimum atomic E-state index is -4.28. The van der Waals surface area contributed by atoms with Crippen LogP contribution in [0.15, 0.2) is 28.7 Å². The van der Waals surface area contributed by atoms with Crippen molar-refractivity contribution in [2.45, 2.75) is 26.2 Å². The number of aryl methyl sites for hydroxylation is 1. The van der Waals surface area contributed by atoms with Crippen LogP contribution in [0.2, 0.25) is 0 Å². The highest BCUT2D eigenvalue weighted by molar-refractivity contribution is 5.24. The quantitative estimate of drug-likeness (QED) is 0.856. The van der Waals surface area contributed by atoms with E-state index in [-0.39, 0.29) is 0 Å². The molecular weight excluding hydrogens is 321 g/mol. The maximum atomic E-state index is 12.6. The van der Waals surface area contributed by atoms with Crippen molar-refractivity contribution in [3.05, 3.63) is 47.2 Å². The van der Waals surface area contributed by atoms with Gasteiger partial charge in [-0.25, -0.2) is 0 Å². The van der Waals surface area contributed by atoms with E-state index in [1.54, 1.807) is 19.1 Å². The highest BCUT2D eigenvalue weighted by Gasteiger charge is 2.30. The largest absolute Gasteiger partial charge is 0.424 e. The molecule has 1 saturated heterocycles. The van der Waals surface area contributed by atoms with Gasteiger partial charge in [-0.05, 0) is 17.7 Å². The molecule has 24 heavy (non-hydrogen) atoms. The van der Waals surface area contributed by atoms with Crippen LogP contribution in [0.5, 0.6) is 0 Å². The molecule has 1 fully saturated rings. The van der Waals surface area contributed by atoms with Crippen molar-refractivity contribution in [1.29, 1.82) is 0 Å². The summed E-state index contributed by atoms with van der Waals surface area (Å²) in [5.41, 5.74) is 0.287. The second-order valence-electron chi connectivity index (χ2n) is 5.96. The molecule has 1 aromatic carbocycles. The van der Waals surface area contributed by atoms with Crippen LogP contribution in [0.25, 0.3) is 0 Å². The van der Waals surface area contributed by atoms with Crippen LogP contribution in [-0.4, -0.2) is 46.2 Å². The number of hydrogen-bond donors (Lipinski definition) is 0. The van der Waals surface area contributed by atoms with Crippen molar-refractivity contribution < 1.29 is 17.6 Å². The third kappa shape index (κ3) is 4.33. The van der Waals surface area contributed by atoms with E-state index in [1.807, 2.05) is 0 Å². The Balaban J connectivity index is 1.48. The Morgan fingerprint density at radius 1 is 0.958 bits per heavy atom. The molecule has 2 heterocycles. The second-order valence-corrected chi connectivity index (χ2v) is 5.96. The molecule has 5 nitrogen and oxygen atoms in total. The van der Waals surface area contributed by atoms with E-state index in [0.29, 0.717) is 24.9 Å². The van der Waals surface area contributed by atoms with E-state index >= 15 is 0 Å². The summed E-state index contributed by atoms with van der Waals surface area (Å²) in [5.74, 6) is 1.18. The van der Waals surface area contributed by atoms with Gasteiger partial charge in [0.1, 0.15) is 0 Å². The lowest BCUT2D eigenvalue weighted by Crippen LogP contribution is -2.45. The average molecular weight is 340 g/mol. The Morgan fingerprint density at radius 2 is 1.54 bits per heavy atom. The van der Waals surface area contributed by atoms with Gasteiger partial charge in [0.05, 0.1) is 12.1 Å². The molecule has 130 valence electrons. The summed E-state index contributed by atoms with van der Waals surface area (Å²) in [6.07, 6.45) is -4.28. The molecule has 0 aliphatic carbocycles. The number of nitrogens with zero attached hydrogens (tertiary/aromatic N) is 4. The van der Waals surface area contributed by atoms with Gasteiger partial charge >= 0.3 is 6.18 Å². The van der Waals surface area contributed by atoms with Crippen LogP contribution in [0.3, 0.4) is 0 Å². The van der Waals surface area contributed by atoms with Crippen molar-refractivity contribution >= 4 is 0 Å². The lowest BCUT2D eigenvalue weighted by Gasteiger charge is -2.34. The highest BCUT2D eigenvalue weighted by Crippen LogP contribution is 2.29. The molecule has 1 aliphatic rings. The standard InChI is InChI=1S/C16H19F3N4O/c1-12-20-21-15(24-12)11-23-8-6-22(7-9-23)10-13-2-4-14(5-3-13)16(17,18)19/h2-5H,6-11H2,1H3. The fourth-order valence-corrected chi connectivity index (χ4v) is 2.76. The van der Waals surface area contributed by atoms with E-state index in [4.69, 9.17) is 4.42 Å². The van der Waals surface area contributed by atoms with Crippen LogP contribution < -0.4 is 0 Å². The number of hydrogen-bond acceptors (Lipinski definition) is 5. The predicted molar refractivity (Wildman–Crippen MR) is 81.0 cm³/mol. The lowest BCUT2D eigenvalue weighted by atomic mass is 10.1. The normalized spacial score (nSPS) is 17.3. The van der Waals surface area contributed by atoms with Gasteiger partial charge in [-0.2, -0.15) is 13.2 Å². The summed E-state index contributed by atoms with van der Waals surface area (Å²) in [7, 11) is 0. The number of halogens is 3. The molecule has 1 aliphatic heterocycles. The van der Waals surface area contributed by atoms with Gasteiger partial charge in [-0.15, -0.1) is 10.2 Å². The molecular formula is C16H19F3N4O. The summed E-state index contributed by atoms with van der Waals surface area (Å²) in [6.45, 7) is 6.49. The minimum absolute atomic E-state index is 0.561. The topological polar surface area (TPSA) is 45.4 Å². The van der Waals surface area contributed by atoms with Gasteiger partial charge in [0.15, 0.2) is 0 Å². The molecule has 0 N–H and O–H groups in total. The molecule has 0 saturated carbocycles. The van der Waals surface area contributed by atoms with E-state index < -0.39 is 11.7 Å². The Kier molecular flexibility index (Phi) is 4.86. The lowest BCUT2D eigenvalue weighted by molar-refractivity contribution is -0.137. The number of alkyl halides is 3. The number of aromatic nitrogens is 2. The Labute approximate surface area is 138 Å².